The summed E-state index contributed by atoms with van der Waals surface area (Å²) in [6.45, 7) is 8.56. The molecule has 166 valence electrons. The molecule has 0 aromatic carbocycles. The number of allylic oxidation sites excluding steroid dienone is 5. The van der Waals surface area contributed by atoms with E-state index in [2.05, 4.69) is 35.6 Å². The molecule has 1 aliphatic carbocycles. The number of aliphatic hydroxyl groups excluding tert-OH is 1. The van der Waals surface area contributed by atoms with Crippen LogP contribution in [0.15, 0.2) is 46.7 Å². The van der Waals surface area contributed by atoms with Gasteiger partial charge in [0.15, 0.2) is 0 Å². The lowest BCUT2D eigenvalue weighted by molar-refractivity contribution is -0.521. The summed E-state index contributed by atoms with van der Waals surface area (Å²) in [4.78, 5) is 18.7. The van der Waals surface area contributed by atoms with E-state index in [1.807, 2.05) is 13.0 Å². The number of thiazole rings is 1. The first-order chi connectivity index (χ1) is 15.1. The number of nitrogens with zero attached hydrogens (tertiary/aromatic N) is 2. The van der Waals surface area contributed by atoms with Gasteiger partial charge in [0.1, 0.15) is 18.8 Å². The van der Waals surface area contributed by atoms with Crippen LogP contribution in [-0.2, 0) is 11.2 Å². The standard InChI is InChI=1S/C25H32N2O2S2/c1-4-7-8-9-10-11-16-27(6-3)22-15-13-18(30-22)12-14-19-24(28)23(25(19)29)20-17-26-21(5-2)31-20/h12-15,17H,4-11,16H2,1-3H3/p+1. The Balaban J connectivity index is 1.60. The average Bonchev–Trinajstić information content (AvgIpc) is 3.43. The number of hydrogen-bond acceptors (Lipinski definition) is 5. The molecule has 1 aromatic rings. The lowest BCUT2D eigenvalue weighted by Crippen LogP contribution is -2.20. The number of thioether (sulfide) groups is 1. The van der Waals surface area contributed by atoms with Gasteiger partial charge in [-0.15, -0.1) is 11.3 Å². The van der Waals surface area contributed by atoms with Crippen molar-refractivity contribution >= 4 is 39.5 Å². The fraction of sp³-hybridized carbons (Fsp3) is 0.480. The fourth-order valence-electron chi connectivity index (χ4n) is 3.67. The zero-order valence-electron chi connectivity index (χ0n) is 18.8. The highest BCUT2D eigenvalue weighted by molar-refractivity contribution is 8.18. The number of aliphatic hydroxyl groups is 1. The van der Waals surface area contributed by atoms with Crippen molar-refractivity contribution in [2.75, 3.05) is 13.1 Å². The van der Waals surface area contributed by atoms with Crippen molar-refractivity contribution in [3.05, 3.63) is 56.6 Å². The first kappa shape index (κ1) is 23.7. The Morgan fingerprint density at radius 2 is 1.84 bits per heavy atom. The zero-order valence-corrected chi connectivity index (χ0v) is 20.5. The third kappa shape index (κ3) is 5.86. The smallest absolute Gasteiger partial charge is 0.239 e. The summed E-state index contributed by atoms with van der Waals surface area (Å²) in [5.74, 6) is -0.0160. The van der Waals surface area contributed by atoms with Gasteiger partial charge in [0, 0.05) is 23.6 Å². The summed E-state index contributed by atoms with van der Waals surface area (Å²) in [6.07, 6.45) is 18.3. The largest absolute Gasteiger partial charge is 0.506 e. The van der Waals surface area contributed by atoms with Crippen molar-refractivity contribution in [3.8, 4) is 0 Å². The minimum absolute atomic E-state index is 0.0857. The van der Waals surface area contributed by atoms with Crippen LogP contribution < -0.4 is 0 Å². The van der Waals surface area contributed by atoms with E-state index in [1.54, 1.807) is 24.0 Å². The highest BCUT2D eigenvalue weighted by atomic mass is 32.2. The molecule has 0 fully saturated rings. The summed E-state index contributed by atoms with van der Waals surface area (Å²) >= 11 is 3.20. The fourth-order valence-corrected chi connectivity index (χ4v) is 5.57. The summed E-state index contributed by atoms with van der Waals surface area (Å²) < 4.78 is 2.42. The predicted octanol–water partition coefficient (Wildman–Crippen LogP) is 6.46. The van der Waals surface area contributed by atoms with Gasteiger partial charge in [-0.2, -0.15) is 0 Å². The van der Waals surface area contributed by atoms with E-state index in [4.69, 9.17) is 0 Å². The molecular formula is C25H33N2O2S2+. The third-order valence-electron chi connectivity index (χ3n) is 5.57. The van der Waals surface area contributed by atoms with Gasteiger partial charge >= 0.3 is 0 Å². The van der Waals surface area contributed by atoms with Gasteiger partial charge < -0.3 is 5.11 Å². The minimum Gasteiger partial charge on any atom is -0.506 e. The van der Waals surface area contributed by atoms with Crippen molar-refractivity contribution in [1.29, 1.82) is 0 Å². The Morgan fingerprint density at radius 1 is 1.06 bits per heavy atom. The summed E-state index contributed by atoms with van der Waals surface area (Å²) in [5.41, 5.74) is 0.788. The van der Waals surface area contributed by atoms with Crippen molar-refractivity contribution < 1.29 is 14.5 Å². The van der Waals surface area contributed by atoms with Crippen LogP contribution in [0.2, 0.25) is 0 Å². The molecule has 1 aliphatic heterocycles. The first-order valence-electron chi connectivity index (χ1n) is 11.4. The molecular weight excluding hydrogens is 424 g/mol. The molecule has 0 unspecified atom stereocenters. The first-order valence-corrected chi connectivity index (χ1v) is 13.1. The molecule has 3 rings (SSSR count). The molecule has 0 amide bonds. The molecule has 2 aliphatic rings. The number of unbranched alkanes of at least 4 members (excludes halogenated alkanes) is 5. The van der Waals surface area contributed by atoms with Crippen LogP contribution in [0.5, 0.6) is 0 Å². The van der Waals surface area contributed by atoms with Gasteiger partial charge in [0.25, 0.3) is 0 Å². The second-order valence-corrected chi connectivity index (χ2v) is 10.0. The lowest BCUT2D eigenvalue weighted by atomic mass is 9.87. The number of aromatic nitrogens is 1. The monoisotopic (exact) mass is 457 g/mol. The van der Waals surface area contributed by atoms with E-state index >= 15 is 0 Å². The van der Waals surface area contributed by atoms with Crippen LogP contribution in [0.1, 0.15) is 69.2 Å². The molecule has 0 spiro atoms. The SMILES string of the molecule is CCCCCCCC[N+](CC)=C1C=C/C(=C/C=C2C(=O)C(c3cnc(CC)s3)=C2O)S1. The topological polar surface area (TPSA) is 53.2 Å². The third-order valence-corrected chi connectivity index (χ3v) is 7.84. The quantitative estimate of drug-likeness (QED) is 0.235. The highest BCUT2D eigenvalue weighted by Crippen LogP contribution is 2.38. The zero-order chi connectivity index (χ0) is 22.2. The molecule has 31 heavy (non-hydrogen) atoms. The van der Waals surface area contributed by atoms with Gasteiger partial charge in [0.2, 0.25) is 10.8 Å². The van der Waals surface area contributed by atoms with E-state index in [9.17, 15) is 9.90 Å². The maximum atomic E-state index is 12.5. The van der Waals surface area contributed by atoms with Crippen LogP contribution in [-0.4, -0.2) is 38.6 Å². The maximum absolute atomic E-state index is 12.5. The van der Waals surface area contributed by atoms with Crippen molar-refractivity contribution in [3.63, 3.8) is 0 Å². The predicted molar refractivity (Wildman–Crippen MR) is 133 cm³/mol. The van der Waals surface area contributed by atoms with Crippen LogP contribution >= 0.6 is 23.1 Å². The van der Waals surface area contributed by atoms with Gasteiger partial charge in [-0.25, -0.2) is 9.56 Å². The number of carbonyl (C=O) groups is 1. The number of Topliss-reactive ketones (excluding diaryl/α,β-unsaturated/α-hetero) is 1. The molecule has 1 aromatic heterocycles. The molecule has 0 radical (unpaired) electrons. The number of hydrogen-bond donors (Lipinski definition) is 1. The Hall–Kier alpha value is -1.92. The number of carbonyl (C=O) groups excluding carboxylic acids is 1. The van der Waals surface area contributed by atoms with Crippen molar-refractivity contribution in [1.82, 2.24) is 4.98 Å². The molecule has 4 nitrogen and oxygen atoms in total. The molecule has 6 heteroatoms. The van der Waals surface area contributed by atoms with Crippen LogP contribution in [0, 0.1) is 0 Å². The summed E-state index contributed by atoms with van der Waals surface area (Å²) in [7, 11) is 0. The molecule has 2 heterocycles. The molecule has 0 saturated carbocycles. The second-order valence-electron chi connectivity index (χ2n) is 7.79. The van der Waals surface area contributed by atoms with E-state index in [1.165, 1.54) is 54.9 Å². The van der Waals surface area contributed by atoms with Gasteiger partial charge in [-0.3, -0.25) is 4.79 Å². The number of ketones is 1. The van der Waals surface area contributed by atoms with Gasteiger partial charge in [0.05, 0.1) is 21.0 Å². The van der Waals surface area contributed by atoms with E-state index in [-0.39, 0.29) is 11.5 Å². The van der Waals surface area contributed by atoms with Crippen molar-refractivity contribution in [2.24, 2.45) is 0 Å². The van der Waals surface area contributed by atoms with E-state index < -0.39 is 0 Å². The number of rotatable bonds is 11. The van der Waals surface area contributed by atoms with Crippen molar-refractivity contribution in [2.45, 2.75) is 65.7 Å². The highest BCUT2D eigenvalue weighted by Gasteiger charge is 2.35. The van der Waals surface area contributed by atoms with Gasteiger partial charge in [-0.1, -0.05) is 39.5 Å². The van der Waals surface area contributed by atoms with Crippen LogP contribution in [0.3, 0.4) is 0 Å². The Bertz CT molecular complexity index is 964. The molecule has 1 N–H and O–H groups in total. The summed E-state index contributed by atoms with van der Waals surface area (Å²) in [6, 6.07) is 0. The lowest BCUT2D eigenvalue weighted by Gasteiger charge is -2.19. The minimum atomic E-state index is -0.102. The average molecular weight is 458 g/mol. The van der Waals surface area contributed by atoms with E-state index in [0.717, 1.165) is 34.3 Å². The van der Waals surface area contributed by atoms with E-state index in [0.29, 0.717) is 11.1 Å². The van der Waals surface area contributed by atoms with Gasteiger partial charge in [-0.05, 0) is 49.8 Å². The maximum Gasteiger partial charge on any atom is 0.239 e. The molecule has 0 saturated heterocycles. The van der Waals surface area contributed by atoms with Crippen LogP contribution in [0.4, 0.5) is 0 Å². The Kier molecular flexibility index (Phi) is 8.90. The number of aryl methyl sites for hydroxylation is 1. The Labute approximate surface area is 194 Å². The second kappa shape index (κ2) is 11.6. The Morgan fingerprint density at radius 3 is 2.52 bits per heavy atom. The summed E-state index contributed by atoms with van der Waals surface area (Å²) in [5, 5.41) is 12.6. The normalized spacial score (nSPS) is 20.3. The molecule has 0 bridgehead atoms. The molecule has 0 atom stereocenters. The van der Waals surface area contributed by atoms with Crippen LogP contribution in [0.25, 0.3) is 5.57 Å².